The zero-order valence-electron chi connectivity index (χ0n) is 18.2. The van der Waals surface area contributed by atoms with Gasteiger partial charge in [-0.05, 0) is 55.1 Å². The lowest BCUT2D eigenvalue weighted by atomic mass is 10.1. The summed E-state index contributed by atoms with van der Waals surface area (Å²) < 4.78 is 5.14. The number of ether oxygens (including phenoxy) is 1. The number of rotatable bonds is 8. The van der Waals surface area contributed by atoms with Crippen LogP contribution in [0.3, 0.4) is 0 Å². The fourth-order valence-electron chi connectivity index (χ4n) is 3.74. The summed E-state index contributed by atoms with van der Waals surface area (Å²) in [5.41, 5.74) is 4.22. The predicted octanol–water partition coefficient (Wildman–Crippen LogP) is 4.89. The zero-order valence-corrected chi connectivity index (χ0v) is 19.0. The normalized spacial score (nSPS) is 15.4. The summed E-state index contributed by atoms with van der Waals surface area (Å²) in [5, 5.41) is 7.42. The molecule has 4 rings (SSSR count). The van der Waals surface area contributed by atoms with Crippen LogP contribution in [0.15, 0.2) is 72.8 Å². The largest absolute Gasteiger partial charge is 0.383 e. The summed E-state index contributed by atoms with van der Waals surface area (Å²) in [6.45, 7) is 2.42. The number of hydrogen-bond donors (Lipinski definition) is 2. The minimum Gasteiger partial charge on any atom is -0.383 e. The number of likely N-dealkylation sites (N-methyl/N-ethyl adjacent to an activating group) is 1. The fourth-order valence-corrected chi connectivity index (χ4v) is 3.91. The van der Waals surface area contributed by atoms with Gasteiger partial charge in [0.25, 0.3) is 5.91 Å². The van der Waals surface area contributed by atoms with Crippen LogP contribution < -0.4 is 15.5 Å². The van der Waals surface area contributed by atoms with Crippen molar-refractivity contribution < 1.29 is 9.53 Å². The Morgan fingerprint density at radius 1 is 1.09 bits per heavy atom. The highest BCUT2D eigenvalue weighted by Crippen LogP contribution is 2.32. The van der Waals surface area contributed by atoms with E-state index in [4.69, 9.17) is 16.3 Å². The lowest BCUT2D eigenvalue weighted by Crippen LogP contribution is -2.53. The second-order valence-corrected chi connectivity index (χ2v) is 8.26. The molecule has 0 saturated carbocycles. The van der Waals surface area contributed by atoms with Crippen LogP contribution in [0.2, 0.25) is 5.02 Å². The van der Waals surface area contributed by atoms with Crippen LogP contribution in [0.1, 0.15) is 15.9 Å². The Bertz CT molecular complexity index is 1060. The highest BCUT2D eigenvalue weighted by Gasteiger charge is 2.33. The van der Waals surface area contributed by atoms with E-state index in [-0.39, 0.29) is 5.91 Å². The van der Waals surface area contributed by atoms with Gasteiger partial charge in [0.05, 0.1) is 17.9 Å². The monoisotopic (exact) mass is 450 g/mol. The minimum atomic E-state index is -0.450. The highest BCUT2D eigenvalue weighted by molar-refractivity contribution is 6.31. The molecule has 1 aliphatic rings. The number of anilines is 3. The van der Waals surface area contributed by atoms with Gasteiger partial charge in [-0.3, -0.25) is 14.6 Å². The topological polar surface area (TPSA) is 56.8 Å². The number of benzene rings is 3. The molecule has 0 aromatic heterocycles. The Hall–Kier alpha value is -3.06. The molecule has 0 fully saturated rings. The smallest absolute Gasteiger partial charge is 0.263 e. The van der Waals surface area contributed by atoms with Crippen LogP contribution in [-0.2, 0) is 11.3 Å². The van der Waals surface area contributed by atoms with Crippen molar-refractivity contribution in [3.8, 4) is 0 Å². The number of methoxy groups -OCH3 is 1. The molecule has 7 heteroatoms. The number of halogens is 1. The van der Waals surface area contributed by atoms with Gasteiger partial charge in [-0.1, -0.05) is 41.9 Å². The van der Waals surface area contributed by atoms with Crippen molar-refractivity contribution >= 4 is 34.6 Å². The molecule has 1 amide bonds. The molecule has 0 spiro atoms. The summed E-state index contributed by atoms with van der Waals surface area (Å²) in [6.07, 6.45) is -0.450. The molecule has 0 bridgehead atoms. The van der Waals surface area contributed by atoms with Crippen molar-refractivity contribution in [1.29, 1.82) is 0 Å². The van der Waals surface area contributed by atoms with Crippen LogP contribution in [-0.4, -0.2) is 44.4 Å². The van der Waals surface area contributed by atoms with Gasteiger partial charge >= 0.3 is 0 Å². The van der Waals surface area contributed by atoms with Gasteiger partial charge in [0.15, 0.2) is 6.29 Å². The molecule has 1 aliphatic heterocycles. The molecule has 1 atom stereocenters. The van der Waals surface area contributed by atoms with E-state index in [1.54, 1.807) is 24.1 Å². The average Bonchev–Trinajstić information content (AvgIpc) is 2.80. The molecular formula is C25H27ClN4O2. The SMILES string of the molecule is COCCN(C)Cc1ccc(NC2Nc3ccc(Cl)cc3C(=O)N2c2ccccc2)cc1. The van der Waals surface area contributed by atoms with Gasteiger partial charge in [-0.25, -0.2) is 0 Å². The number of nitrogens with zero attached hydrogens (tertiary/aromatic N) is 2. The minimum absolute atomic E-state index is 0.110. The number of hydrogen-bond acceptors (Lipinski definition) is 5. The van der Waals surface area contributed by atoms with Crippen LogP contribution in [0.25, 0.3) is 0 Å². The first-order valence-electron chi connectivity index (χ1n) is 10.5. The summed E-state index contributed by atoms with van der Waals surface area (Å²) in [5.74, 6) is -0.110. The maximum absolute atomic E-state index is 13.4. The van der Waals surface area contributed by atoms with Gasteiger partial charge in [0.1, 0.15) is 0 Å². The average molecular weight is 451 g/mol. The summed E-state index contributed by atoms with van der Waals surface area (Å²) in [6, 6.07) is 23.2. The molecule has 3 aromatic carbocycles. The maximum Gasteiger partial charge on any atom is 0.263 e. The van der Waals surface area contributed by atoms with Crippen molar-refractivity contribution in [1.82, 2.24) is 4.90 Å². The van der Waals surface area contributed by atoms with E-state index in [1.807, 2.05) is 48.5 Å². The summed E-state index contributed by atoms with van der Waals surface area (Å²) in [7, 11) is 3.79. The van der Waals surface area contributed by atoms with Crippen LogP contribution >= 0.6 is 11.6 Å². The van der Waals surface area contributed by atoms with Gasteiger partial charge < -0.3 is 15.4 Å². The molecule has 6 nitrogen and oxygen atoms in total. The summed E-state index contributed by atoms with van der Waals surface area (Å²) in [4.78, 5) is 17.3. The van der Waals surface area contributed by atoms with E-state index in [0.29, 0.717) is 17.2 Å². The number of para-hydroxylation sites is 1. The maximum atomic E-state index is 13.4. The molecule has 1 heterocycles. The van der Waals surface area contributed by atoms with E-state index in [9.17, 15) is 4.79 Å². The number of fused-ring (bicyclic) bond motifs is 1. The van der Waals surface area contributed by atoms with Crippen LogP contribution in [0.5, 0.6) is 0 Å². The third-order valence-corrected chi connectivity index (χ3v) is 5.64. The molecule has 0 radical (unpaired) electrons. The lowest BCUT2D eigenvalue weighted by molar-refractivity contribution is 0.0978. The molecule has 3 aromatic rings. The third-order valence-electron chi connectivity index (χ3n) is 5.40. The van der Waals surface area contributed by atoms with Crippen molar-refractivity contribution in [2.45, 2.75) is 12.8 Å². The van der Waals surface area contributed by atoms with Gasteiger partial charge in [-0.15, -0.1) is 0 Å². The quantitative estimate of drug-likeness (QED) is 0.512. The highest BCUT2D eigenvalue weighted by atomic mass is 35.5. The fraction of sp³-hybridized carbons (Fsp3) is 0.240. The Labute approximate surface area is 193 Å². The number of nitrogens with one attached hydrogen (secondary N) is 2. The number of carbonyl (C=O) groups is 1. The zero-order chi connectivity index (χ0) is 22.5. The number of amides is 1. The standard InChI is InChI=1S/C25H27ClN4O2/c1-29(14-15-32-2)17-18-8-11-20(12-9-18)27-25-28-23-13-10-19(26)16-22(23)24(31)30(25)21-6-4-3-5-7-21/h3-13,16,25,27-28H,14-15,17H2,1-2H3. The van der Waals surface area contributed by atoms with Gasteiger partial charge in [0.2, 0.25) is 0 Å². The van der Waals surface area contributed by atoms with E-state index < -0.39 is 6.29 Å². The van der Waals surface area contributed by atoms with E-state index in [2.05, 4.69) is 34.7 Å². The number of carbonyl (C=O) groups excluding carboxylic acids is 1. The van der Waals surface area contributed by atoms with Gasteiger partial charge in [0, 0.05) is 36.6 Å². The first kappa shape index (κ1) is 22.1. The molecule has 2 N–H and O–H groups in total. The van der Waals surface area contributed by atoms with Crippen molar-refractivity contribution in [3.63, 3.8) is 0 Å². The summed E-state index contributed by atoms with van der Waals surface area (Å²) >= 11 is 6.16. The Morgan fingerprint density at radius 2 is 1.84 bits per heavy atom. The first-order chi connectivity index (χ1) is 15.5. The third kappa shape index (κ3) is 5.05. The lowest BCUT2D eigenvalue weighted by Gasteiger charge is -2.38. The van der Waals surface area contributed by atoms with E-state index in [0.717, 1.165) is 30.2 Å². The Balaban J connectivity index is 1.55. The second kappa shape index (κ2) is 10.0. The second-order valence-electron chi connectivity index (χ2n) is 7.82. The van der Waals surface area contributed by atoms with Crippen molar-refractivity contribution in [2.24, 2.45) is 0 Å². The van der Waals surface area contributed by atoms with Crippen LogP contribution in [0.4, 0.5) is 17.1 Å². The molecular weight excluding hydrogens is 424 g/mol. The Morgan fingerprint density at radius 3 is 2.56 bits per heavy atom. The Kier molecular flexibility index (Phi) is 6.95. The van der Waals surface area contributed by atoms with Crippen LogP contribution in [0, 0.1) is 0 Å². The predicted molar refractivity (Wildman–Crippen MR) is 130 cm³/mol. The molecule has 0 saturated heterocycles. The van der Waals surface area contributed by atoms with E-state index >= 15 is 0 Å². The first-order valence-corrected chi connectivity index (χ1v) is 10.9. The van der Waals surface area contributed by atoms with Crippen molar-refractivity contribution in [2.75, 3.05) is 42.8 Å². The van der Waals surface area contributed by atoms with Gasteiger partial charge in [-0.2, -0.15) is 0 Å². The van der Waals surface area contributed by atoms with Crippen molar-refractivity contribution in [3.05, 3.63) is 88.9 Å². The van der Waals surface area contributed by atoms with E-state index in [1.165, 1.54) is 5.56 Å². The molecule has 32 heavy (non-hydrogen) atoms. The molecule has 166 valence electrons. The molecule has 1 unspecified atom stereocenters. The molecule has 0 aliphatic carbocycles.